The molecule has 4 bridgehead atoms. The highest BCUT2D eigenvalue weighted by Crippen LogP contribution is 2.74. The van der Waals surface area contributed by atoms with E-state index in [0.717, 1.165) is 51.7 Å². The number of hydrogen-bond acceptors (Lipinski definition) is 5. The van der Waals surface area contributed by atoms with Crippen LogP contribution in [0.5, 0.6) is 0 Å². The highest BCUT2D eigenvalue weighted by molar-refractivity contribution is 6.76. The lowest BCUT2D eigenvalue weighted by molar-refractivity contribution is -0.311. The van der Waals surface area contributed by atoms with E-state index in [1.165, 1.54) is 18.9 Å². The first-order chi connectivity index (χ1) is 12.3. The van der Waals surface area contributed by atoms with E-state index in [2.05, 4.69) is 24.7 Å². The Morgan fingerprint density at radius 1 is 1.12 bits per heavy atom. The fourth-order valence-electron chi connectivity index (χ4n) is 6.97. The molecule has 0 aromatic carbocycles. The number of hydroxylamine groups is 2. The number of nitrogens with zero attached hydrogens (tertiary/aromatic N) is 1. The molecule has 6 heteroatoms. The van der Waals surface area contributed by atoms with Crippen LogP contribution in [0.25, 0.3) is 0 Å². The maximum absolute atomic E-state index is 11.5. The van der Waals surface area contributed by atoms with E-state index >= 15 is 0 Å². The first-order valence-electron chi connectivity index (χ1n) is 10.8. The molecule has 3 aliphatic heterocycles. The lowest BCUT2D eigenvalue weighted by Gasteiger charge is -2.50. The molecular formula is C20H35NO4Si. The summed E-state index contributed by atoms with van der Waals surface area (Å²) in [5.41, 5.74) is -0.458. The fraction of sp³-hybridized carbons (Fsp3) is 1.00. The quantitative estimate of drug-likeness (QED) is 0.755. The van der Waals surface area contributed by atoms with Gasteiger partial charge in [0.25, 0.3) is 0 Å². The molecule has 5 aliphatic rings. The lowest BCUT2D eigenvalue weighted by Crippen LogP contribution is -2.57. The molecule has 2 spiro atoms. The predicted octanol–water partition coefficient (Wildman–Crippen LogP) is 3.50. The van der Waals surface area contributed by atoms with Crippen LogP contribution in [-0.2, 0) is 14.3 Å². The minimum atomic E-state index is -1.10. The van der Waals surface area contributed by atoms with Crippen molar-refractivity contribution in [3.8, 4) is 0 Å². The van der Waals surface area contributed by atoms with Gasteiger partial charge in [0.05, 0.1) is 12.7 Å². The van der Waals surface area contributed by atoms with Crippen LogP contribution < -0.4 is 0 Å². The predicted molar refractivity (Wildman–Crippen MR) is 101 cm³/mol. The summed E-state index contributed by atoms with van der Waals surface area (Å²) < 4.78 is 13.1. The maximum atomic E-state index is 11.5. The highest BCUT2D eigenvalue weighted by Gasteiger charge is 2.83. The van der Waals surface area contributed by atoms with Crippen molar-refractivity contribution in [3.63, 3.8) is 0 Å². The molecule has 3 heterocycles. The van der Waals surface area contributed by atoms with Crippen LogP contribution >= 0.6 is 0 Å². The molecular weight excluding hydrogens is 346 g/mol. The van der Waals surface area contributed by atoms with Crippen LogP contribution in [0.15, 0.2) is 0 Å². The van der Waals surface area contributed by atoms with Gasteiger partial charge in [-0.05, 0) is 50.5 Å². The molecule has 1 unspecified atom stereocenters. The summed E-state index contributed by atoms with van der Waals surface area (Å²) in [6.45, 7) is 8.88. The third kappa shape index (κ3) is 2.26. The van der Waals surface area contributed by atoms with Crippen LogP contribution in [-0.4, -0.2) is 55.1 Å². The van der Waals surface area contributed by atoms with Gasteiger partial charge in [-0.15, -0.1) is 0 Å². The molecule has 26 heavy (non-hydrogen) atoms. The van der Waals surface area contributed by atoms with Crippen LogP contribution in [0.3, 0.4) is 0 Å². The zero-order valence-electron chi connectivity index (χ0n) is 16.6. The SMILES string of the molecule is C[Si](C)(C)CCON1CCC[C@@]23[C@H]4CCC[C@@H]2OC(O)(C4)[C@@]32CC[C@@H]1O2. The zero-order chi connectivity index (χ0) is 18.2. The molecule has 148 valence electrons. The van der Waals surface area contributed by atoms with Crippen molar-refractivity contribution >= 4 is 8.07 Å². The van der Waals surface area contributed by atoms with E-state index in [4.69, 9.17) is 14.3 Å². The molecule has 0 aromatic rings. The first-order valence-corrected chi connectivity index (χ1v) is 14.5. The third-order valence-corrected chi connectivity index (χ3v) is 9.75. The summed E-state index contributed by atoms with van der Waals surface area (Å²) >= 11 is 0. The molecule has 0 amide bonds. The smallest absolute Gasteiger partial charge is 0.196 e. The van der Waals surface area contributed by atoms with E-state index in [1.807, 2.05) is 0 Å². The van der Waals surface area contributed by atoms with E-state index < -0.39 is 19.5 Å². The van der Waals surface area contributed by atoms with Crippen LogP contribution in [0, 0.1) is 11.3 Å². The molecule has 3 saturated heterocycles. The summed E-state index contributed by atoms with van der Waals surface area (Å²) in [5, 5.41) is 13.6. The summed E-state index contributed by atoms with van der Waals surface area (Å²) in [5.74, 6) is -0.503. The summed E-state index contributed by atoms with van der Waals surface area (Å²) in [6.07, 6.45) is 8.56. The Balaban J connectivity index is 1.39. The van der Waals surface area contributed by atoms with Gasteiger partial charge in [-0.2, -0.15) is 5.06 Å². The molecule has 1 N–H and O–H groups in total. The van der Waals surface area contributed by atoms with Crippen molar-refractivity contribution < 1.29 is 19.4 Å². The molecule has 2 saturated carbocycles. The van der Waals surface area contributed by atoms with E-state index in [9.17, 15) is 5.11 Å². The Morgan fingerprint density at radius 2 is 1.96 bits per heavy atom. The second-order valence-electron chi connectivity index (χ2n) is 10.6. The minimum absolute atomic E-state index is 0.0247. The van der Waals surface area contributed by atoms with Gasteiger partial charge in [0.1, 0.15) is 11.8 Å². The Morgan fingerprint density at radius 3 is 2.73 bits per heavy atom. The molecule has 6 atom stereocenters. The van der Waals surface area contributed by atoms with Gasteiger partial charge in [0.2, 0.25) is 0 Å². The average molecular weight is 382 g/mol. The second kappa shape index (κ2) is 5.77. The Hall–Kier alpha value is 0.0169. The number of aliphatic hydroxyl groups is 1. The topological polar surface area (TPSA) is 51.2 Å². The van der Waals surface area contributed by atoms with Gasteiger partial charge < -0.3 is 14.6 Å². The summed E-state index contributed by atoms with van der Waals surface area (Å²) in [7, 11) is -1.10. The zero-order valence-corrected chi connectivity index (χ0v) is 17.6. The number of ether oxygens (including phenoxy) is 2. The first kappa shape index (κ1) is 18.1. The van der Waals surface area contributed by atoms with Gasteiger partial charge in [0, 0.05) is 26.5 Å². The number of fused-ring (bicyclic) bond motifs is 1. The highest BCUT2D eigenvalue weighted by atomic mass is 28.3. The van der Waals surface area contributed by atoms with Crippen molar-refractivity contribution in [1.82, 2.24) is 5.06 Å². The van der Waals surface area contributed by atoms with Crippen LogP contribution in [0.4, 0.5) is 0 Å². The van der Waals surface area contributed by atoms with Gasteiger partial charge in [0.15, 0.2) is 5.79 Å². The Kier molecular flexibility index (Phi) is 4.01. The number of rotatable bonds is 4. The largest absolute Gasteiger partial charge is 0.363 e. The standard InChI is InChI=1S/C20H35NO4Si/c1-26(2,3)13-12-23-21-11-5-9-18-15-6-4-7-16(18)24-20(22,14-15)19(18)10-8-17(21)25-19/h15-17,22H,4-14H2,1-3H3/t15-,16-,17-,18+,19+,20?/m0/s1. The van der Waals surface area contributed by atoms with E-state index in [1.54, 1.807) is 0 Å². The average Bonchev–Trinajstić information content (AvgIpc) is 3.12. The van der Waals surface area contributed by atoms with E-state index in [-0.39, 0.29) is 17.7 Å². The van der Waals surface area contributed by atoms with Gasteiger partial charge in [-0.25, -0.2) is 0 Å². The van der Waals surface area contributed by atoms with Crippen molar-refractivity contribution in [2.24, 2.45) is 11.3 Å². The van der Waals surface area contributed by atoms with Crippen molar-refractivity contribution in [2.75, 3.05) is 13.2 Å². The molecule has 5 fully saturated rings. The molecule has 0 radical (unpaired) electrons. The Bertz CT molecular complexity index is 565. The molecule has 5 rings (SSSR count). The maximum Gasteiger partial charge on any atom is 0.196 e. The fourth-order valence-corrected chi connectivity index (χ4v) is 7.68. The van der Waals surface area contributed by atoms with Gasteiger partial charge in [-0.3, -0.25) is 4.84 Å². The molecule has 5 nitrogen and oxygen atoms in total. The normalized spacial score (nSPS) is 50.5. The number of hydrogen-bond donors (Lipinski definition) is 1. The van der Waals surface area contributed by atoms with Crippen molar-refractivity contribution in [2.45, 2.75) is 101 Å². The Labute approximate surface area is 158 Å². The van der Waals surface area contributed by atoms with Gasteiger partial charge in [-0.1, -0.05) is 26.1 Å². The monoisotopic (exact) mass is 381 g/mol. The molecule has 2 aliphatic carbocycles. The molecule has 0 aromatic heterocycles. The summed E-state index contributed by atoms with van der Waals surface area (Å²) in [6, 6.07) is 1.17. The second-order valence-corrected chi connectivity index (χ2v) is 16.2. The van der Waals surface area contributed by atoms with Crippen molar-refractivity contribution in [1.29, 1.82) is 0 Å². The lowest BCUT2D eigenvalue weighted by atomic mass is 9.58. The summed E-state index contributed by atoms with van der Waals surface area (Å²) in [4.78, 5) is 6.21. The van der Waals surface area contributed by atoms with Crippen molar-refractivity contribution in [3.05, 3.63) is 0 Å². The van der Waals surface area contributed by atoms with Crippen LogP contribution in [0.1, 0.15) is 51.4 Å². The van der Waals surface area contributed by atoms with Gasteiger partial charge >= 0.3 is 0 Å². The third-order valence-electron chi connectivity index (χ3n) is 8.05. The van der Waals surface area contributed by atoms with E-state index in [0.29, 0.717) is 5.92 Å². The van der Waals surface area contributed by atoms with Crippen LogP contribution in [0.2, 0.25) is 25.7 Å². The minimum Gasteiger partial charge on any atom is -0.363 e.